The molecule has 1 saturated heterocycles. The second-order valence-electron chi connectivity index (χ2n) is 6.74. The second kappa shape index (κ2) is 8.43. The molecule has 2 amide bonds. The van der Waals surface area contributed by atoms with E-state index < -0.39 is 11.6 Å². The van der Waals surface area contributed by atoms with E-state index >= 15 is 0 Å². The van der Waals surface area contributed by atoms with Gasteiger partial charge in [0.25, 0.3) is 0 Å². The van der Waals surface area contributed by atoms with Crippen molar-refractivity contribution in [1.29, 1.82) is 0 Å². The van der Waals surface area contributed by atoms with Gasteiger partial charge in [0.1, 0.15) is 11.6 Å². The molecule has 25 heavy (non-hydrogen) atoms. The van der Waals surface area contributed by atoms with Crippen LogP contribution in [0.25, 0.3) is 0 Å². The third kappa shape index (κ3) is 5.01. The molecule has 0 atom stereocenters. The number of allylic oxidation sites excluding steroid dienone is 1. The molecule has 0 aromatic heterocycles. The van der Waals surface area contributed by atoms with Gasteiger partial charge in [-0.3, -0.25) is 4.90 Å². The lowest BCUT2D eigenvalue weighted by Crippen LogP contribution is -2.50. The van der Waals surface area contributed by atoms with E-state index in [0.717, 1.165) is 38.2 Å². The monoisotopic (exact) mass is 349 g/mol. The number of anilines is 1. The van der Waals surface area contributed by atoms with Gasteiger partial charge in [0, 0.05) is 38.8 Å². The predicted octanol–water partition coefficient (Wildman–Crippen LogP) is 4.00. The number of carbonyl (C=O) groups excluding carboxylic acids is 1. The summed E-state index contributed by atoms with van der Waals surface area (Å²) in [6.45, 7) is 3.93. The molecule has 1 aliphatic carbocycles. The lowest BCUT2D eigenvalue weighted by atomic mass is 9.97. The van der Waals surface area contributed by atoms with E-state index in [-0.39, 0.29) is 11.7 Å². The van der Waals surface area contributed by atoms with E-state index in [4.69, 9.17) is 0 Å². The predicted molar refractivity (Wildman–Crippen MR) is 94.6 cm³/mol. The highest BCUT2D eigenvalue weighted by atomic mass is 19.1. The van der Waals surface area contributed by atoms with E-state index in [0.29, 0.717) is 13.1 Å². The number of benzene rings is 1. The Labute approximate surface area is 147 Å². The SMILES string of the molecule is O=C(Nc1ccc(F)cc1F)N1CCN(CCC2=CCCCC2)CC1. The summed E-state index contributed by atoms with van der Waals surface area (Å²) in [4.78, 5) is 16.3. The Kier molecular flexibility index (Phi) is 6.02. The average molecular weight is 349 g/mol. The van der Waals surface area contributed by atoms with Gasteiger partial charge in [0.05, 0.1) is 5.69 Å². The Morgan fingerprint density at radius 2 is 1.92 bits per heavy atom. The fourth-order valence-electron chi connectivity index (χ4n) is 3.39. The Bertz CT molecular complexity index is 640. The van der Waals surface area contributed by atoms with Crippen LogP contribution >= 0.6 is 0 Å². The first-order valence-electron chi connectivity index (χ1n) is 9.03. The molecule has 6 heteroatoms. The van der Waals surface area contributed by atoms with Crippen LogP contribution in [0.3, 0.4) is 0 Å². The van der Waals surface area contributed by atoms with Crippen molar-refractivity contribution in [2.45, 2.75) is 32.1 Å². The first kappa shape index (κ1) is 17.9. The Morgan fingerprint density at radius 1 is 1.12 bits per heavy atom. The largest absolute Gasteiger partial charge is 0.322 e. The van der Waals surface area contributed by atoms with Crippen LogP contribution in [0, 0.1) is 11.6 Å². The van der Waals surface area contributed by atoms with Crippen molar-refractivity contribution in [3.05, 3.63) is 41.5 Å². The number of halogens is 2. The molecule has 0 saturated carbocycles. The number of amides is 2. The maximum atomic E-state index is 13.6. The maximum absolute atomic E-state index is 13.6. The summed E-state index contributed by atoms with van der Waals surface area (Å²) >= 11 is 0. The van der Waals surface area contributed by atoms with Crippen molar-refractivity contribution >= 4 is 11.7 Å². The minimum absolute atomic E-state index is 0.0121. The van der Waals surface area contributed by atoms with Crippen molar-refractivity contribution < 1.29 is 13.6 Å². The van der Waals surface area contributed by atoms with Crippen LogP contribution in [0.4, 0.5) is 19.3 Å². The first-order valence-corrected chi connectivity index (χ1v) is 9.03. The highest BCUT2D eigenvalue weighted by Crippen LogP contribution is 2.21. The van der Waals surface area contributed by atoms with Gasteiger partial charge in [-0.05, 0) is 44.2 Å². The molecule has 0 spiro atoms. The Hall–Kier alpha value is -1.95. The summed E-state index contributed by atoms with van der Waals surface area (Å²) < 4.78 is 26.5. The lowest BCUT2D eigenvalue weighted by molar-refractivity contribution is 0.148. The molecule has 1 aliphatic heterocycles. The fraction of sp³-hybridized carbons (Fsp3) is 0.526. The number of rotatable bonds is 4. The molecule has 1 N–H and O–H groups in total. The van der Waals surface area contributed by atoms with Crippen LogP contribution in [-0.4, -0.2) is 48.6 Å². The van der Waals surface area contributed by atoms with Gasteiger partial charge < -0.3 is 10.2 Å². The number of nitrogens with one attached hydrogen (secondary N) is 1. The van der Waals surface area contributed by atoms with E-state index in [1.165, 1.54) is 31.7 Å². The van der Waals surface area contributed by atoms with Crippen LogP contribution < -0.4 is 5.32 Å². The minimum atomic E-state index is -0.757. The number of nitrogens with zero attached hydrogens (tertiary/aromatic N) is 2. The van der Waals surface area contributed by atoms with Crippen molar-refractivity contribution in [2.24, 2.45) is 0 Å². The van der Waals surface area contributed by atoms with Gasteiger partial charge in [0.15, 0.2) is 0 Å². The van der Waals surface area contributed by atoms with Crippen LogP contribution in [-0.2, 0) is 0 Å². The van der Waals surface area contributed by atoms with Gasteiger partial charge in [-0.1, -0.05) is 11.6 Å². The zero-order valence-electron chi connectivity index (χ0n) is 14.4. The molecule has 4 nitrogen and oxygen atoms in total. The van der Waals surface area contributed by atoms with Gasteiger partial charge in [0.2, 0.25) is 0 Å². The molecule has 3 rings (SSSR count). The first-order chi connectivity index (χ1) is 12.1. The van der Waals surface area contributed by atoms with Gasteiger partial charge in [-0.2, -0.15) is 0 Å². The fourth-order valence-corrected chi connectivity index (χ4v) is 3.39. The number of piperazine rings is 1. The van der Waals surface area contributed by atoms with Crippen LogP contribution in [0.5, 0.6) is 0 Å². The summed E-state index contributed by atoms with van der Waals surface area (Å²) in [5, 5.41) is 2.52. The standard InChI is InChI=1S/C19H25F2N3O/c20-16-6-7-18(17(21)14-16)22-19(25)24-12-10-23(11-13-24)9-8-15-4-2-1-3-5-15/h4,6-7,14H,1-3,5,8-13H2,(H,22,25). The molecule has 2 aliphatic rings. The molecule has 136 valence electrons. The number of hydrogen-bond donors (Lipinski definition) is 1. The maximum Gasteiger partial charge on any atom is 0.322 e. The van der Waals surface area contributed by atoms with E-state index in [2.05, 4.69) is 16.3 Å². The topological polar surface area (TPSA) is 35.6 Å². The molecule has 1 heterocycles. The number of carbonyl (C=O) groups is 1. The van der Waals surface area contributed by atoms with Crippen LogP contribution in [0.2, 0.25) is 0 Å². The molecule has 0 unspecified atom stereocenters. The molecular weight excluding hydrogens is 324 g/mol. The molecule has 1 aromatic rings. The van der Waals surface area contributed by atoms with Crippen LogP contribution in [0.1, 0.15) is 32.1 Å². The number of urea groups is 1. The average Bonchev–Trinajstić information content (AvgIpc) is 2.63. The lowest BCUT2D eigenvalue weighted by Gasteiger charge is -2.35. The summed E-state index contributed by atoms with van der Waals surface area (Å²) in [5.41, 5.74) is 1.58. The molecular formula is C19H25F2N3O. The Morgan fingerprint density at radius 3 is 2.60 bits per heavy atom. The summed E-state index contributed by atoms with van der Waals surface area (Å²) in [6, 6.07) is 2.82. The molecule has 1 fully saturated rings. The van der Waals surface area contributed by atoms with Gasteiger partial charge in [-0.15, -0.1) is 0 Å². The zero-order valence-corrected chi connectivity index (χ0v) is 14.4. The quantitative estimate of drug-likeness (QED) is 0.834. The molecule has 1 aromatic carbocycles. The molecule has 0 radical (unpaired) electrons. The summed E-state index contributed by atoms with van der Waals surface area (Å²) in [5.74, 6) is -1.41. The smallest absolute Gasteiger partial charge is 0.322 e. The second-order valence-corrected chi connectivity index (χ2v) is 6.74. The van der Waals surface area contributed by atoms with Gasteiger partial charge >= 0.3 is 6.03 Å². The molecule has 0 bridgehead atoms. The summed E-state index contributed by atoms with van der Waals surface area (Å²) in [6.07, 6.45) is 8.55. The van der Waals surface area contributed by atoms with Gasteiger partial charge in [-0.25, -0.2) is 13.6 Å². The van der Waals surface area contributed by atoms with E-state index in [1.54, 1.807) is 10.5 Å². The highest BCUT2D eigenvalue weighted by molar-refractivity contribution is 5.89. The number of hydrogen-bond acceptors (Lipinski definition) is 2. The van der Waals surface area contributed by atoms with Crippen molar-refractivity contribution in [1.82, 2.24) is 9.80 Å². The van der Waals surface area contributed by atoms with Crippen LogP contribution in [0.15, 0.2) is 29.8 Å². The van der Waals surface area contributed by atoms with E-state index in [9.17, 15) is 13.6 Å². The zero-order chi connectivity index (χ0) is 17.6. The third-order valence-corrected chi connectivity index (χ3v) is 4.97. The van der Waals surface area contributed by atoms with Crippen molar-refractivity contribution in [3.63, 3.8) is 0 Å². The van der Waals surface area contributed by atoms with Crippen molar-refractivity contribution in [3.8, 4) is 0 Å². The van der Waals surface area contributed by atoms with E-state index in [1.807, 2.05) is 0 Å². The minimum Gasteiger partial charge on any atom is -0.322 e. The summed E-state index contributed by atoms with van der Waals surface area (Å²) in [7, 11) is 0. The third-order valence-electron chi connectivity index (χ3n) is 4.97. The Balaban J connectivity index is 1.43. The normalized spacial score (nSPS) is 18.8. The highest BCUT2D eigenvalue weighted by Gasteiger charge is 2.22. The van der Waals surface area contributed by atoms with Crippen molar-refractivity contribution in [2.75, 3.05) is 38.0 Å².